The van der Waals surface area contributed by atoms with Gasteiger partial charge in [0.2, 0.25) is 5.89 Å². The highest BCUT2D eigenvalue weighted by Crippen LogP contribution is 2.25. The minimum Gasteiger partial charge on any atom is -0.462 e. The van der Waals surface area contributed by atoms with E-state index in [1.165, 1.54) is 7.11 Å². The Bertz CT molecular complexity index is 1350. The molecule has 0 N–H and O–H groups in total. The number of esters is 1. The molecule has 0 spiro atoms. The third-order valence-electron chi connectivity index (χ3n) is 5.13. The highest BCUT2D eigenvalue weighted by atomic mass is 35.5. The van der Waals surface area contributed by atoms with Crippen LogP contribution in [0.25, 0.3) is 17.1 Å². The first kappa shape index (κ1) is 21.3. The molecule has 0 saturated heterocycles. The second-order valence-corrected chi connectivity index (χ2v) is 7.52. The Balaban J connectivity index is 1.57. The van der Waals surface area contributed by atoms with Gasteiger partial charge in [-0.2, -0.15) is 10.4 Å². The van der Waals surface area contributed by atoms with Gasteiger partial charge in [-0.05, 0) is 49.7 Å². The van der Waals surface area contributed by atoms with Crippen molar-refractivity contribution < 1.29 is 13.9 Å². The molecule has 32 heavy (non-hydrogen) atoms. The lowest BCUT2D eigenvalue weighted by Gasteiger charge is -2.07. The zero-order chi connectivity index (χ0) is 22.8. The van der Waals surface area contributed by atoms with Gasteiger partial charge in [0.25, 0.3) is 0 Å². The fourth-order valence-electron chi connectivity index (χ4n) is 3.39. The minimum absolute atomic E-state index is 0.187. The van der Waals surface area contributed by atoms with E-state index in [1.807, 2.05) is 48.9 Å². The predicted octanol–water partition coefficient (Wildman–Crippen LogP) is 4.44. The monoisotopic (exact) mass is 447 g/mol. The molecule has 0 aliphatic heterocycles. The van der Waals surface area contributed by atoms with Crippen LogP contribution >= 0.6 is 11.6 Å². The van der Waals surface area contributed by atoms with Gasteiger partial charge in [-0.25, -0.2) is 9.48 Å². The summed E-state index contributed by atoms with van der Waals surface area (Å²) in [6.07, 6.45) is 0.680. The molecule has 0 aliphatic rings. The van der Waals surface area contributed by atoms with Crippen molar-refractivity contribution in [1.29, 1.82) is 5.26 Å². The summed E-state index contributed by atoms with van der Waals surface area (Å²) in [5.41, 5.74) is 6.01. The lowest BCUT2D eigenvalue weighted by Crippen LogP contribution is -2.00. The molecule has 4 rings (SSSR count). The summed E-state index contributed by atoms with van der Waals surface area (Å²) in [7, 11) is 1.25. The summed E-state index contributed by atoms with van der Waals surface area (Å²) < 4.78 is 11.8. The Morgan fingerprint density at radius 2 is 1.94 bits per heavy atom. The van der Waals surface area contributed by atoms with Crippen LogP contribution in [-0.2, 0) is 11.2 Å². The Labute approximate surface area is 189 Å². The number of hydrogen-bond donors (Lipinski definition) is 0. The average Bonchev–Trinajstić information content (AvgIpc) is 3.40. The minimum atomic E-state index is -0.674. The number of nitrogens with zero attached hydrogens (tertiary/aromatic N) is 5. The first-order valence-corrected chi connectivity index (χ1v) is 10.0. The number of hydrogen-bond acceptors (Lipinski definition) is 7. The molecule has 2 heterocycles. The van der Waals surface area contributed by atoms with Gasteiger partial charge in [0, 0.05) is 23.2 Å². The van der Waals surface area contributed by atoms with Crippen molar-refractivity contribution in [3.63, 3.8) is 0 Å². The van der Waals surface area contributed by atoms with E-state index in [1.54, 1.807) is 12.1 Å². The number of nitriles is 1. The fourth-order valence-corrected chi connectivity index (χ4v) is 3.60. The van der Waals surface area contributed by atoms with E-state index >= 15 is 0 Å². The zero-order valence-electron chi connectivity index (χ0n) is 17.6. The summed E-state index contributed by atoms with van der Waals surface area (Å²) in [5.74, 6) is -0.616. The molecule has 9 heteroatoms. The molecule has 0 bridgehead atoms. The maximum Gasteiger partial charge on any atom is 0.396 e. The topological polar surface area (TPSA) is 107 Å². The van der Waals surface area contributed by atoms with Crippen LogP contribution < -0.4 is 0 Å². The first-order valence-electron chi connectivity index (χ1n) is 9.67. The van der Waals surface area contributed by atoms with E-state index in [0.29, 0.717) is 22.6 Å². The highest BCUT2D eigenvalue weighted by molar-refractivity contribution is 6.31. The smallest absolute Gasteiger partial charge is 0.396 e. The zero-order valence-corrected chi connectivity index (χ0v) is 18.3. The number of ether oxygens (including phenoxy) is 1. The lowest BCUT2D eigenvalue weighted by atomic mass is 10.0. The molecular formula is C23H18ClN5O3. The van der Waals surface area contributed by atoms with Crippen molar-refractivity contribution in [2.45, 2.75) is 20.3 Å². The van der Waals surface area contributed by atoms with Crippen LogP contribution in [0.5, 0.6) is 0 Å². The second kappa shape index (κ2) is 8.65. The normalized spacial score (nSPS) is 10.7. The van der Waals surface area contributed by atoms with Gasteiger partial charge in [0.15, 0.2) is 0 Å². The van der Waals surface area contributed by atoms with Crippen LogP contribution in [-0.4, -0.2) is 33.1 Å². The molecule has 160 valence electrons. The number of rotatable bonds is 5. The van der Waals surface area contributed by atoms with Crippen LogP contribution in [0.1, 0.15) is 38.8 Å². The molecule has 8 nitrogen and oxygen atoms in total. The largest absolute Gasteiger partial charge is 0.462 e. The summed E-state index contributed by atoms with van der Waals surface area (Å²) in [6, 6.07) is 15.0. The quantitative estimate of drug-likeness (QED) is 0.416. The van der Waals surface area contributed by atoms with Gasteiger partial charge in [-0.1, -0.05) is 23.7 Å². The molecule has 0 radical (unpaired) electrons. The third-order valence-corrected chi connectivity index (χ3v) is 5.44. The fraction of sp³-hybridized carbons (Fsp3) is 0.174. The standard InChI is InChI=1S/C23H18ClN5O3/c1-13-19(14(2)29(28-13)18-9-8-17(12-25)20(24)11-18)10-15-4-6-16(7-5-15)21-26-27-22(32-21)23(30)31-3/h4-9,11H,10H2,1-3H3. The van der Waals surface area contributed by atoms with Crippen molar-refractivity contribution in [2.24, 2.45) is 0 Å². The van der Waals surface area contributed by atoms with Crippen molar-refractivity contribution in [1.82, 2.24) is 20.0 Å². The number of halogens is 1. The third kappa shape index (κ3) is 3.98. The molecular weight excluding hydrogens is 430 g/mol. The van der Waals surface area contributed by atoms with E-state index in [-0.39, 0.29) is 11.8 Å². The Morgan fingerprint density at radius 3 is 2.59 bits per heavy atom. The number of methoxy groups -OCH3 is 1. The first-order chi connectivity index (χ1) is 15.4. The molecule has 0 fully saturated rings. The van der Waals surface area contributed by atoms with Crippen molar-refractivity contribution in [3.05, 3.63) is 81.5 Å². The van der Waals surface area contributed by atoms with E-state index in [4.69, 9.17) is 21.3 Å². The summed E-state index contributed by atoms with van der Waals surface area (Å²) in [4.78, 5) is 11.5. The molecule has 0 saturated carbocycles. The molecule has 2 aromatic heterocycles. The van der Waals surface area contributed by atoms with Gasteiger partial charge in [0.05, 0.1) is 29.1 Å². The van der Waals surface area contributed by atoms with Crippen LogP contribution in [0.3, 0.4) is 0 Å². The molecule has 0 unspecified atom stereocenters. The van der Waals surface area contributed by atoms with E-state index < -0.39 is 5.97 Å². The number of benzene rings is 2. The van der Waals surface area contributed by atoms with Crippen LogP contribution in [0.15, 0.2) is 46.9 Å². The number of carbonyl (C=O) groups is 1. The summed E-state index contributed by atoms with van der Waals surface area (Å²) >= 11 is 6.19. The number of carbonyl (C=O) groups excluding carboxylic acids is 1. The number of aromatic nitrogens is 4. The van der Waals surface area contributed by atoms with Crippen molar-refractivity contribution in [3.8, 4) is 23.2 Å². The Kier molecular flexibility index (Phi) is 5.75. The summed E-state index contributed by atoms with van der Waals surface area (Å²) in [6.45, 7) is 3.97. The van der Waals surface area contributed by atoms with Gasteiger partial charge >= 0.3 is 11.9 Å². The highest BCUT2D eigenvalue weighted by Gasteiger charge is 2.17. The van der Waals surface area contributed by atoms with E-state index in [0.717, 1.165) is 28.2 Å². The lowest BCUT2D eigenvalue weighted by molar-refractivity contribution is 0.0556. The average molecular weight is 448 g/mol. The molecule has 0 amide bonds. The second-order valence-electron chi connectivity index (χ2n) is 7.11. The molecule has 0 atom stereocenters. The van der Waals surface area contributed by atoms with E-state index in [2.05, 4.69) is 26.1 Å². The van der Waals surface area contributed by atoms with E-state index in [9.17, 15) is 4.79 Å². The predicted molar refractivity (Wildman–Crippen MR) is 117 cm³/mol. The van der Waals surface area contributed by atoms with Gasteiger partial charge in [-0.3, -0.25) is 0 Å². The SMILES string of the molecule is COC(=O)c1nnc(-c2ccc(Cc3c(C)nn(-c4ccc(C#N)c(Cl)c4)c3C)cc2)o1. The van der Waals surface area contributed by atoms with Crippen LogP contribution in [0, 0.1) is 25.2 Å². The van der Waals surface area contributed by atoms with Gasteiger partial charge in [-0.15, -0.1) is 10.2 Å². The molecule has 4 aromatic rings. The van der Waals surface area contributed by atoms with Crippen molar-refractivity contribution in [2.75, 3.05) is 7.11 Å². The maximum absolute atomic E-state index is 11.5. The molecule has 2 aromatic carbocycles. The van der Waals surface area contributed by atoms with Crippen LogP contribution in [0.2, 0.25) is 5.02 Å². The van der Waals surface area contributed by atoms with Crippen LogP contribution in [0.4, 0.5) is 0 Å². The molecule has 0 aliphatic carbocycles. The summed E-state index contributed by atoms with van der Waals surface area (Å²) in [5, 5.41) is 21.7. The Morgan fingerprint density at radius 1 is 1.19 bits per heavy atom. The Hall–Kier alpha value is -3.96. The van der Waals surface area contributed by atoms with Gasteiger partial charge in [0.1, 0.15) is 6.07 Å². The maximum atomic E-state index is 11.5. The number of aryl methyl sites for hydroxylation is 1. The van der Waals surface area contributed by atoms with Gasteiger partial charge < -0.3 is 9.15 Å². The van der Waals surface area contributed by atoms with Crippen molar-refractivity contribution >= 4 is 17.6 Å².